The van der Waals surface area contributed by atoms with Gasteiger partial charge in [0.15, 0.2) is 9.04 Å². The minimum Gasteiger partial charge on any atom is -0.416 e. The maximum Gasteiger partial charge on any atom is 0.277 e. The van der Waals surface area contributed by atoms with Gasteiger partial charge in [-0.25, -0.2) is 4.39 Å². The minimum absolute atomic E-state index is 0.0479. The fourth-order valence-electron chi connectivity index (χ4n) is 2.45. The zero-order valence-corrected chi connectivity index (χ0v) is 16.1. The summed E-state index contributed by atoms with van der Waals surface area (Å²) in [5.74, 6) is -0.531. The van der Waals surface area contributed by atoms with E-state index in [4.69, 9.17) is 4.43 Å². The molecule has 1 aromatic carbocycles. The lowest BCUT2D eigenvalue weighted by atomic mass is 10.0. The number of β-lactam (4-membered cyclic amide) rings is 1. The first-order chi connectivity index (χ1) is 10.3. The molecule has 0 saturated carbocycles. The summed E-state index contributed by atoms with van der Waals surface area (Å²) in [5, 5.41) is 0. The van der Waals surface area contributed by atoms with E-state index in [9.17, 15) is 9.18 Å². The first kappa shape index (κ1) is 17.6. The van der Waals surface area contributed by atoms with Crippen molar-refractivity contribution in [2.75, 3.05) is 11.4 Å². The Morgan fingerprint density at radius 3 is 2.73 bits per heavy atom. The molecule has 1 atom stereocenters. The van der Waals surface area contributed by atoms with E-state index >= 15 is 0 Å². The lowest BCUT2D eigenvalue weighted by Crippen LogP contribution is -2.61. The Balaban J connectivity index is 2.22. The average molecular weight is 388 g/mol. The summed E-state index contributed by atoms with van der Waals surface area (Å²) < 4.78 is 17.7. The number of aryl methyl sites for hydroxylation is 1. The van der Waals surface area contributed by atoms with Crippen molar-refractivity contribution in [2.24, 2.45) is 0 Å². The number of hydrogen-bond donors (Lipinski definition) is 0. The Bertz CT molecular complexity index is 551. The predicted octanol–water partition coefficient (Wildman–Crippen LogP) is 3.94. The number of benzene rings is 1. The number of alkyl halides is 2. The van der Waals surface area contributed by atoms with Crippen LogP contribution in [0.1, 0.15) is 30.9 Å². The maximum absolute atomic E-state index is 13.7. The second-order valence-electron chi connectivity index (χ2n) is 6.02. The van der Waals surface area contributed by atoms with Gasteiger partial charge in [-0.15, -0.1) is 0 Å². The van der Waals surface area contributed by atoms with Crippen LogP contribution >= 0.6 is 15.9 Å². The Kier molecular flexibility index (Phi) is 5.80. The number of anilines is 1. The van der Waals surface area contributed by atoms with Gasteiger partial charge in [0.05, 0.1) is 13.2 Å². The third-order valence-corrected chi connectivity index (χ3v) is 5.16. The average Bonchev–Trinajstić information content (AvgIpc) is 2.48. The maximum atomic E-state index is 13.7. The highest BCUT2D eigenvalue weighted by molar-refractivity contribution is 9.10. The quantitative estimate of drug-likeness (QED) is 0.402. The minimum atomic E-state index is -1.90. The standard InChI is InChI=1S/C16H23BrFNO2Si/c1-4-5-6-12-7-8-14(13(9-12)10-21-22(2)3)19-11-16(17,18)15(19)20/h7-9,22H,4-6,10-11H2,1-3H3. The highest BCUT2D eigenvalue weighted by atomic mass is 79.9. The second kappa shape index (κ2) is 7.23. The van der Waals surface area contributed by atoms with Crippen LogP contribution in [0.25, 0.3) is 0 Å². The highest BCUT2D eigenvalue weighted by Gasteiger charge is 2.52. The van der Waals surface area contributed by atoms with Gasteiger partial charge in [-0.05, 0) is 53.5 Å². The van der Waals surface area contributed by atoms with Crippen LogP contribution in [0, 0.1) is 0 Å². The molecule has 1 unspecified atom stereocenters. The summed E-state index contributed by atoms with van der Waals surface area (Å²) in [6, 6.07) is 6.05. The van der Waals surface area contributed by atoms with Crippen LogP contribution in [0.4, 0.5) is 10.1 Å². The molecule has 1 heterocycles. The number of nitrogens with zero attached hydrogens (tertiary/aromatic N) is 1. The summed E-state index contributed by atoms with van der Waals surface area (Å²) in [7, 11) is -1.15. The van der Waals surface area contributed by atoms with Crippen LogP contribution < -0.4 is 4.90 Å². The fourth-order valence-corrected chi connectivity index (χ4v) is 3.43. The first-order valence-electron chi connectivity index (χ1n) is 7.78. The highest BCUT2D eigenvalue weighted by Crippen LogP contribution is 2.38. The predicted molar refractivity (Wildman–Crippen MR) is 93.8 cm³/mol. The van der Waals surface area contributed by atoms with E-state index in [1.807, 2.05) is 12.1 Å². The lowest BCUT2D eigenvalue weighted by molar-refractivity contribution is -0.130. The molecule has 1 aliphatic heterocycles. The van der Waals surface area contributed by atoms with Crippen molar-refractivity contribution in [3.05, 3.63) is 29.3 Å². The first-order valence-corrected chi connectivity index (χ1v) is 11.4. The molecule has 0 radical (unpaired) electrons. The van der Waals surface area contributed by atoms with Crippen molar-refractivity contribution in [2.45, 2.75) is 50.5 Å². The Hall–Kier alpha value is -0.723. The molecule has 6 heteroatoms. The number of halogens is 2. The van der Waals surface area contributed by atoms with E-state index in [-0.39, 0.29) is 6.54 Å². The Morgan fingerprint density at radius 2 is 2.18 bits per heavy atom. The second-order valence-corrected chi connectivity index (χ2v) is 9.71. The Morgan fingerprint density at radius 1 is 1.45 bits per heavy atom. The van der Waals surface area contributed by atoms with E-state index in [0.29, 0.717) is 6.61 Å². The molecular weight excluding hydrogens is 365 g/mol. The summed E-state index contributed by atoms with van der Waals surface area (Å²) >= 11 is 2.82. The van der Waals surface area contributed by atoms with Crippen LogP contribution in [0.2, 0.25) is 13.1 Å². The van der Waals surface area contributed by atoms with E-state index in [0.717, 1.165) is 30.5 Å². The molecule has 1 fully saturated rings. The van der Waals surface area contributed by atoms with Crippen molar-refractivity contribution in [1.82, 2.24) is 0 Å². The molecule has 0 bridgehead atoms. The van der Waals surface area contributed by atoms with Crippen LogP contribution in [-0.4, -0.2) is 26.1 Å². The zero-order valence-electron chi connectivity index (χ0n) is 13.4. The molecular formula is C16H23BrFNO2Si. The van der Waals surface area contributed by atoms with Crippen molar-refractivity contribution in [3.63, 3.8) is 0 Å². The normalized spacial score (nSPS) is 21.4. The zero-order chi connectivity index (χ0) is 16.3. The monoisotopic (exact) mass is 387 g/mol. The van der Waals surface area contributed by atoms with Crippen LogP contribution in [0.5, 0.6) is 0 Å². The van der Waals surface area contributed by atoms with Gasteiger partial charge in [-0.1, -0.05) is 25.5 Å². The topological polar surface area (TPSA) is 29.5 Å². The molecule has 1 saturated heterocycles. The molecule has 0 spiro atoms. The largest absolute Gasteiger partial charge is 0.416 e. The van der Waals surface area contributed by atoms with Gasteiger partial charge in [0, 0.05) is 11.3 Å². The summed E-state index contributed by atoms with van der Waals surface area (Å²) in [5.41, 5.74) is 2.99. The van der Waals surface area contributed by atoms with E-state index in [1.165, 1.54) is 10.5 Å². The number of rotatable bonds is 7. The van der Waals surface area contributed by atoms with Crippen molar-refractivity contribution >= 4 is 36.6 Å². The summed E-state index contributed by atoms with van der Waals surface area (Å²) in [6.45, 7) is 6.93. The number of carbonyl (C=O) groups excluding carboxylic acids is 1. The molecule has 22 heavy (non-hydrogen) atoms. The summed E-state index contributed by atoms with van der Waals surface area (Å²) in [4.78, 5) is 13.4. The van der Waals surface area contributed by atoms with Gasteiger partial charge in [-0.3, -0.25) is 4.79 Å². The number of hydrogen-bond acceptors (Lipinski definition) is 2. The van der Waals surface area contributed by atoms with Crippen LogP contribution in [-0.2, 0) is 22.2 Å². The van der Waals surface area contributed by atoms with Crippen molar-refractivity contribution in [1.29, 1.82) is 0 Å². The van der Waals surface area contributed by atoms with E-state index in [1.54, 1.807) is 0 Å². The molecule has 0 N–H and O–H groups in total. The van der Waals surface area contributed by atoms with Crippen molar-refractivity contribution in [3.8, 4) is 0 Å². The molecule has 1 amide bonds. The van der Waals surface area contributed by atoms with Gasteiger partial charge in [0.25, 0.3) is 10.5 Å². The summed E-state index contributed by atoms with van der Waals surface area (Å²) in [6.07, 6.45) is 3.30. The van der Waals surface area contributed by atoms with Crippen molar-refractivity contribution < 1.29 is 13.6 Å². The third kappa shape index (κ3) is 3.97. The van der Waals surface area contributed by atoms with E-state index < -0.39 is 19.5 Å². The molecule has 3 nitrogen and oxygen atoms in total. The molecule has 1 aromatic rings. The molecule has 1 aliphatic rings. The molecule has 2 rings (SSSR count). The van der Waals surface area contributed by atoms with Gasteiger partial charge in [0.2, 0.25) is 0 Å². The SMILES string of the molecule is CCCCc1ccc(N2CC(F)(Br)C2=O)c(CO[SiH](C)C)c1. The molecule has 122 valence electrons. The smallest absolute Gasteiger partial charge is 0.277 e. The third-order valence-electron chi connectivity index (χ3n) is 3.74. The lowest BCUT2D eigenvalue weighted by Gasteiger charge is -2.40. The van der Waals surface area contributed by atoms with Gasteiger partial charge in [-0.2, -0.15) is 0 Å². The van der Waals surface area contributed by atoms with Gasteiger partial charge < -0.3 is 9.33 Å². The molecule has 0 aliphatic carbocycles. The fraction of sp³-hybridized carbons (Fsp3) is 0.562. The number of carbonyl (C=O) groups is 1. The van der Waals surface area contributed by atoms with Gasteiger partial charge >= 0.3 is 0 Å². The van der Waals surface area contributed by atoms with E-state index in [2.05, 4.69) is 42.0 Å². The van der Waals surface area contributed by atoms with Crippen LogP contribution in [0.15, 0.2) is 18.2 Å². The Labute approximate surface area is 141 Å². The van der Waals surface area contributed by atoms with Crippen LogP contribution in [0.3, 0.4) is 0 Å². The molecule has 0 aromatic heterocycles. The number of unbranched alkanes of at least 4 members (excludes halogenated alkanes) is 1. The number of amides is 1. The van der Waals surface area contributed by atoms with Gasteiger partial charge in [0.1, 0.15) is 0 Å².